The number of hydrogen-bond acceptors (Lipinski definition) is 2. The molecule has 0 radical (unpaired) electrons. The Kier molecular flexibility index (Phi) is 6.23. The number of hydrogen-bond donors (Lipinski definition) is 0. The summed E-state index contributed by atoms with van der Waals surface area (Å²) in [6.45, 7) is 6.66. The first kappa shape index (κ1) is 20.6. The second kappa shape index (κ2) is 8.48. The minimum Gasteiger partial charge on any atom is -0.404 e. The van der Waals surface area contributed by atoms with Crippen LogP contribution in [0.2, 0.25) is 5.04 Å². The molecule has 0 aromatic heterocycles. The van der Waals surface area contributed by atoms with Crippen LogP contribution >= 0.6 is 0 Å². The third-order valence-electron chi connectivity index (χ3n) is 5.65. The van der Waals surface area contributed by atoms with Crippen molar-refractivity contribution in [2.45, 2.75) is 63.4 Å². The summed E-state index contributed by atoms with van der Waals surface area (Å²) in [5.41, 5.74) is 8.66. The van der Waals surface area contributed by atoms with Gasteiger partial charge in [0.25, 0.3) is 8.32 Å². The Bertz CT molecular complexity index is 779. The lowest BCUT2D eigenvalue weighted by molar-refractivity contribution is 0.0825. The SMILES string of the molecule is CC(C)(C)[Si](O[C@@H]1CC[C@H](N=[N+]=[N-])[C@@H](F)C1)(c1ccccc1)c1ccccc1. The zero-order valence-corrected chi connectivity index (χ0v) is 17.8. The van der Waals surface area contributed by atoms with Crippen molar-refractivity contribution in [1.82, 2.24) is 0 Å². The quantitative estimate of drug-likeness (QED) is 0.298. The third kappa shape index (κ3) is 3.99. The summed E-state index contributed by atoms with van der Waals surface area (Å²) in [5, 5.41) is 5.88. The normalized spacial score (nSPS) is 23.1. The van der Waals surface area contributed by atoms with Gasteiger partial charge in [-0.1, -0.05) is 86.5 Å². The van der Waals surface area contributed by atoms with Crippen molar-refractivity contribution in [3.05, 3.63) is 71.1 Å². The molecule has 0 amide bonds. The molecular weight excluding hydrogens is 369 g/mol. The second-order valence-corrected chi connectivity index (χ2v) is 12.8. The molecule has 2 aromatic carbocycles. The predicted octanol–water partition coefficient (Wildman–Crippen LogP) is 5.13. The van der Waals surface area contributed by atoms with Crippen molar-refractivity contribution in [2.24, 2.45) is 5.11 Å². The van der Waals surface area contributed by atoms with E-state index in [1.165, 1.54) is 10.4 Å². The average molecular weight is 398 g/mol. The molecule has 0 aliphatic heterocycles. The molecule has 0 unspecified atom stereocenters. The fourth-order valence-corrected chi connectivity index (χ4v) is 9.04. The zero-order valence-electron chi connectivity index (χ0n) is 16.8. The number of rotatable bonds is 5. The van der Waals surface area contributed by atoms with Gasteiger partial charge in [-0.15, -0.1) is 0 Å². The lowest BCUT2D eigenvalue weighted by Gasteiger charge is -2.46. The van der Waals surface area contributed by atoms with Crippen LogP contribution in [0.1, 0.15) is 40.0 Å². The Morgan fingerprint density at radius 1 is 1.00 bits per heavy atom. The molecule has 2 aromatic rings. The van der Waals surface area contributed by atoms with Crippen molar-refractivity contribution in [2.75, 3.05) is 0 Å². The van der Waals surface area contributed by atoms with Crippen LogP contribution in [0.5, 0.6) is 0 Å². The summed E-state index contributed by atoms with van der Waals surface area (Å²) >= 11 is 0. The van der Waals surface area contributed by atoms with E-state index in [0.29, 0.717) is 12.8 Å². The Balaban J connectivity index is 2.03. The molecular formula is C22H28FN3OSi. The van der Waals surface area contributed by atoms with Crippen molar-refractivity contribution in [3.63, 3.8) is 0 Å². The summed E-state index contributed by atoms with van der Waals surface area (Å²) < 4.78 is 21.6. The van der Waals surface area contributed by atoms with E-state index in [0.717, 1.165) is 0 Å². The average Bonchev–Trinajstić information content (AvgIpc) is 2.68. The van der Waals surface area contributed by atoms with Crippen LogP contribution in [-0.2, 0) is 4.43 Å². The van der Waals surface area contributed by atoms with Crippen molar-refractivity contribution >= 4 is 18.7 Å². The molecule has 28 heavy (non-hydrogen) atoms. The van der Waals surface area contributed by atoms with Crippen LogP contribution in [0, 0.1) is 0 Å². The van der Waals surface area contributed by atoms with Crippen molar-refractivity contribution in [1.29, 1.82) is 0 Å². The number of alkyl halides is 1. The fraction of sp³-hybridized carbons (Fsp3) is 0.455. The Morgan fingerprint density at radius 3 is 1.96 bits per heavy atom. The second-order valence-electron chi connectivity index (χ2n) is 8.50. The molecule has 148 valence electrons. The van der Waals surface area contributed by atoms with Crippen LogP contribution in [-0.4, -0.2) is 26.6 Å². The molecule has 3 rings (SSSR count). The molecule has 6 heteroatoms. The molecule has 1 saturated carbocycles. The lowest BCUT2D eigenvalue weighted by atomic mass is 9.92. The molecule has 0 saturated heterocycles. The molecule has 0 N–H and O–H groups in total. The topological polar surface area (TPSA) is 58.0 Å². The highest BCUT2D eigenvalue weighted by Gasteiger charge is 2.52. The monoisotopic (exact) mass is 397 g/mol. The summed E-state index contributed by atoms with van der Waals surface area (Å²) in [6.07, 6.45) is 0.149. The lowest BCUT2D eigenvalue weighted by Crippen LogP contribution is -2.68. The first-order valence-electron chi connectivity index (χ1n) is 9.85. The molecule has 0 bridgehead atoms. The standard InChI is InChI=1S/C22H28FN3OSi/c1-22(2,3)28(18-10-6-4-7-11-18,19-12-8-5-9-13-19)27-17-14-15-21(25-26-24)20(23)16-17/h4-13,17,20-21H,14-16H2,1-3H3/t17-,20+,21+/m1/s1. The van der Waals surface area contributed by atoms with Gasteiger partial charge in [0.1, 0.15) is 6.17 Å². The Hall–Kier alpha value is -2.14. The predicted molar refractivity (Wildman–Crippen MR) is 114 cm³/mol. The fourth-order valence-electron chi connectivity index (χ4n) is 4.31. The van der Waals surface area contributed by atoms with Crippen molar-refractivity contribution < 1.29 is 8.82 Å². The summed E-state index contributed by atoms with van der Waals surface area (Å²) in [6, 6.07) is 20.2. The minimum atomic E-state index is -2.68. The van der Waals surface area contributed by atoms with Gasteiger partial charge >= 0.3 is 0 Å². The summed E-state index contributed by atoms with van der Waals surface area (Å²) in [5.74, 6) is 0. The Labute approximate surface area is 167 Å². The van der Waals surface area contributed by atoms with Gasteiger partial charge in [-0.2, -0.15) is 0 Å². The maximum Gasteiger partial charge on any atom is 0.261 e. The number of nitrogens with zero attached hydrogens (tertiary/aromatic N) is 3. The minimum absolute atomic E-state index is 0.136. The van der Waals surface area contributed by atoms with Crippen LogP contribution in [0.4, 0.5) is 4.39 Å². The van der Waals surface area contributed by atoms with Crippen LogP contribution in [0.15, 0.2) is 65.8 Å². The van der Waals surface area contributed by atoms with Gasteiger partial charge < -0.3 is 4.43 Å². The molecule has 1 aliphatic rings. The van der Waals surface area contributed by atoms with Crippen LogP contribution in [0.25, 0.3) is 10.4 Å². The van der Waals surface area contributed by atoms with Gasteiger partial charge in [0.05, 0.1) is 6.04 Å². The van der Waals surface area contributed by atoms with Gasteiger partial charge in [0.2, 0.25) is 0 Å². The van der Waals surface area contributed by atoms with E-state index in [4.69, 9.17) is 9.96 Å². The smallest absolute Gasteiger partial charge is 0.261 e. The number of benzene rings is 2. The molecule has 4 nitrogen and oxygen atoms in total. The molecule has 1 aliphatic carbocycles. The first-order valence-corrected chi connectivity index (χ1v) is 11.8. The van der Waals surface area contributed by atoms with Crippen LogP contribution < -0.4 is 10.4 Å². The van der Waals surface area contributed by atoms with E-state index in [-0.39, 0.29) is 17.6 Å². The van der Waals surface area contributed by atoms with E-state index in [1.807, 2.05) is 36.4 Å². The van der Waals surface area contributed by atoms with E-state index in [2.05, 4.69) is 55.1 Å². The van der Waals surface area contributed by atoms with E-state index in [9.17, 15) is 4.39 Å². The van der Waals surface area contributed by atoms with Crippen LogP contribution in [0.3, 0.4) is 0 Å². The van der Waals surface area contributed by atoms with Gasteiger partial charge in [0, 0.05) is 17.4 Å². The van der Waals surface area contributed by atoms with E-state index in [1.54, 1.807) is 0 Å². The zero-order chi connectivity index (χ0) is 20.2. The number of halogens is 1. The maximum absolute atomic E-state index is 14.6. The maximum atomic E-state index is 14.6. The first-order chi connectivity index (χ1) is 13.4. The Morgan fingerprint density at radius 2 is 1.54 bits per heavy atom. The van der Waals surface area contributed by atoms with Gasteiger partial charge in [-0.05, 0) is 33.8 Å². The van der Waals surface area contributed by atoms with Gasteiger partial charge in [0.15, 0.2) is 0 Å². The number of azide groups is 1. The highest BCUT2D eigenvalue weighted by atomic mass is 28.4. The van der Waals surface area contributed by atoms with E-state index < -0.39 is 20.5 Å². The molecule has 0 spiro atoms. The van der Waals surface area contributed by atoms with E-state index >= 15 is 0 Å². The van der Waals surface area contributed by atoms with Gasteiger partial charge in [-0.3, -0.25) is 0 Å². The summed E-state index contributed by atoms with van der Waals surface area (Å²) in [7, 11) is -2.68. The molecule has 3 atom stereocenters. The van der Waals surface area contributed by atoms with Crippen molar-refractivity contribution in [3.8, 4) is 0 Å². The largest absolute Gasteiger partial charge is 0.404 e. The highest BCUT2D eigenvalue weighted by Crippen LogP contribution is 2.39. The molecule has 1 fully saturated rings. The molecule has 0 heterocycles. The summed E-state index contributed by atoms with van der Waals surface area (Å²) in [4.78, 5) is 2.80. The third-order valence-corrected chi connectivity index (χ3v) is 10.7. The van der Waals surface area contributed by atoms with Gasteiger partial charge in [-0.25, -0.2) is 4.39 Å². The highest BCUT2D eigenvalue weighted by molar-refractivity contribution is 6.99.